The third-order valence-electron chi connectivity index (χ3n) is 6.42. The third-order valence-corrected chi connectivity index (χ3v) is 7.08. The molecule has 0 saturated carbocycles. The molecule has 4 aromatic rings. The second-order valence-corrected chi connectivity index (χ2v) is 8.98. The lowest BCUT2D eigenvalue weighted by molar-refractivity contribution is 0.0514. The van der Waals surface area contributed by atoms with Gasteiger partial charge in [-0.1, -0.05) is 47.5 Å². The average molecular weight is 489 g/mol. The van der Waals surface area contributed by atoms with E-state index in [4.69, 9.17) is 23.2 Å². The van der Waals surface area contributed by atoms with Crippen molar-refractivity contribution in [2.45, 2.75) is 0 Å². The molecule has 4 aromatic carbocycles. The standard InChI is InChI=1S/C26H14Cl2N2O4/c27-19-9-7-17-21-13(19)3-1-5-15(21)23(31)29(25(17)33)11-12-30-24(32)16-6-2-4-14-20(28)10-8-18(22(14)16)26(30)34/h1-10H,11-12H2. The molecule has 0 spiro atoms. The van der Waals surface area contributed by atoms with Crippen LogP contribution < -0.4 is 0 Å². The van der Waals surface area contributed by atoms with Crippen molar-refractivity contribution in [2.75, 3.05) is 13.1 Å². The molecule has 0 atom stereocenters. The van der Waals surface area contributed by atoms with E-state index in [0.29, 0.717) is 53.8 Å². The summed E-state index contributed by atoms with van der Waals surface area (Å²) in [5.41, 5.74) is 1.43. The van der Waals surface area contributed by atoms with Crippen LogP contribution in [0.3, 0.4) is 0 Å². The van der Waals surface area contributed by atoms with E-state index in [1.807, 2.05) is 0 Å². The van der Waals surface area contributed by atoms with Gasteiger partial charge < -0.3 is 0 Å². The van der Waals surface area contributed by atoms with Crippen LogP contribution in [0.25, 0.3) is 21.5 Å². The minimum Gasteiger partial charge on any atom is -0.273 e. The van der Waals surface area contributed by atoms with Gasteiger partial charge in [-0.2, -0.15) is 0 Å². The second kappa shape index (κ2) is 7.38. The van der Waals surface area contributed by atoms with Crippen molar-refractivity contribution in [3.05, 3.63) is 93.0 Å². The summed E-state index contributed by atoms with van der Waals surface area (Å²) in [5, 5.41) is 3.19. The zero-order valence-corrected chi connectivity index (χ0v) is 19.0. The lowest BCUT2D eigenvalue weighted by atomic mass is 9.93. The highest BCUT2D eigenvalue weighted by atomic mass is 35.5. The molecular weight excluding hydrogens is 475 g/mol. The van der Waals surface area contributed by atoms with Crippen LogP contribution in [0.1, 0.15) is 41.4 Å². The van der Waals surface area contributed by atoms with Crippen LogP contribution in [0.2, 0.25) is 10.0 Å². The normalized spacial score (nSPS) is 15.1. The molecule has 6 nitrogen and oxygen atoms in total. The Morgan fingerprint density at radius 1 is 0.500 bits per heavy atom. The zero-order valence-electron chi connectivity index (χ0n) is 17.5. The molecule has 2 aliphatic heterocycles. The molecule has 0 fully saturated rings. The predicted octanol–water partition coefficient (Wildman–Crippen LogP) is 5.19. The molecule has 166 valence electrons. The van der Waals surface area contributed by atoms with Gasteiger partial charge in [0, 0.05) is 66.9 Å². The summed E-state index contributed by atoms with van der Waals surface area (Å²) in [6.07, 6.45) is 0. The van der Waals surface area contributed by atoms with E-state index in [1.54, 1.807) is 60.7 Å². The minimum absolute atomic E-state index is 0.132. The van der Waals surface area contributed by atoms with Crippen molar-refractivity contribution in [1.29, 1.82) is 0 Å². The lowest BCUT2D eigenvalue weighted by Crippen LogP contribution is -2.48. The van der Waals surface area contributed by atoms with Gasteiger partial charge in [-0.3, -0.25) is 29.0 Å². The van der Waals surface area contributed by atoms with Gasteiger partial charge in [-0.15, -0.1) is 0 Å². The summed E-state index contributed by atoms with van der Waals surface area (Å²) < 4.78 is 0. The highest BCUT2D eigenvalue weighted by Crippen LogP contribution is 2.36. The van der Waals surface area contributed by atoms with Crippen molar-refractivity contribution in [3.8, 4) is 0 Å². The largest absolute Gasteiger partial charge is 0.273 e. The Morgan fingerprint density at radius 2 is 0.853 bits per heavy atom. The van der Waals surface area contributed by atoms with Gasteiger partial charge in [-0.05, 0) is 36.4 Å². The number of carbonyl (C=O) groups excluding carboxylic acids is 4. The molecule has 4 amide bonds. The number of halogens is 2. The molecule has 0 bridgehead atoms. The highest BCUT2D eigenvalue weighted by molar-refractivity contribution is 6.39. The van der Waals surface area contributed by atoms with E-state index in [2.05, 4.69) is 0 Å². The van der Waals surface area contributed by atoms with Crippen molar-refractivity contribution in [2.24, 2.45) is 0 Å². The van der Waals surface area contributed by atoms with Gasteiger partial charge in [0.05, 0.1) is 0 Å². The number of hydrogen-bond donors (Lipinski definition) is 0. The fourth-order valence-corrected chi connectivity index (χ4v) is 5.27. The van der Waals surface area contributed by atoms with Crippen LogP contribution in [0.15, 0.2) is 60.7 Å². The first-order valence-corrected chi connectivity index (χ1v) is 11.3. The van der Waals surface area contributed by atoms with Crippen LogP contribution in [-0.4, -0.2) is 46.5 Å². The number of hydrogen-bond acceptors (Lipinski definition) is 4. The maximum atomic E-state index is 13.2. The van der Waals surface area contributed by atoms with Crippen molar-refractivity contribution in [3.63, 3.8) is 0 Å². The third kappa shape index (κ3) is 2.76. The summed E-state index contributed by atoms with van der Waals surface area (Å²) in [7, 11) is 0. The molecule has 34 heavy (non-hydrogen) atoms. The van der Waals surface area contributed by atoms with E-state index in [0.717, 1.165) is 9.80 Å². The number of rotatable bonds is 3. The molecule has 0 aliphatic carbocycles. The van der Waals surface area contributed by atoms with Crippen molar-refractivity contribution in [1.82, 2.24) is 9.80 Å². The predicted molar refractivity (Wildman–Crippen MR) is 129 cm³/mol. The van der Waals surface area contributed by atoms with E-state index in [-0.39, 0.29) is 13.1 Å². The van der Waals surface area contributed by atoms with Crippen molar-refractivity contribution < 1.29 is 19.2 Å². The van der Waals surface area contributed by atoms with Crippen LogP contribution >= 0.6 is 23.2 Å². The Bertz CT molecular complexity index is 1460. The summed E-state index contributed by atoms with van der Waals surface area (Å²) in [5.74, 6) is -1.96. The van der Waals surface area contributed by atoms with Gasteiger partial charge in [0.2, 0.25) is 0 Å². The molecule has 8 heteroatoms. The fraction of sp³-hybridized carbons (Fsp3) is 0.0769. The first-order chi connectivity index (χ1) is 16.4. The average Bonchev–Trinajstić information content (AvgIpc) is 2.84. The number of nitrogens with zero attached hydrogens (tertiary/aromatic N) is 2. The molecule has 2 aliphatic rings. The second-order valence-electron chi connectivity index (χ2n) is 8.17. The molecule has 0 unspecified atom stereocenters. The van der Waals surface area contributed by atoms with Crippen LogP contribution in [-0.2, 0) is 0 Å². The Balaban J connectivity index is 1.35. The van der Waals surface area contributed by atoms with Gasteiger partial charge in [-0.25, -0.2) is 0 Å². The molecule has 2 heterocycles. The highest BCUT2D eigenvalue weighted by Gasteiger charge is 2.37. The Hall–Kier alpha value is -3.74. The molecule has 0 radical (unpaired) electrons. The van der Waals surface area contributed by atoms with E-state index in [1.165, 1.54) is 0 Å². The summed E-state index contributed by atoms with van der Waals surface area (Å²) in [6, 6.07) is 16.6. The quantitative estimate of drug-likeness (QED) is 0.371. The van der Waals surface area contributed by atoms with E-state index >= 15 is 0 Å². The number of benzene rings is 4. The van der Waals surface area contributed by atoms with Gasteiger partial charge >= 0.3 is 0 Å². The molecule has 0 N–H and O–H groups in total. The first kappa shape index (κ1) is 20.8. The summed E-state index contributed by atoms with van der Waals surface area (Å²) in [4.78, 5) is 55.0. The number of carbonyl (C=O) groups is 4. The Kier molecular flexibility index (Phi) is 4.52. The molecular formula is C26H14Cl2N2O4. The minimum atomic E-state index is -0.489. The SMILES string of the molecule is O=C1c2cccc3c(Cl)ccc(c23)C(=O)N1CCN1C(=O)c2cccc3c(Cl)ccc(c23)C1=O. The van der Waals surface area contributed by atoms with Crippen LogP contribution in [0.4, 0.5) is 0 Å². The summed E-state index contributed by atoms with van der Waals surface area (Å²) in [6.45, 7) is -0.265. The number of imide groups is 2. The summed E-state index contributed by atoms with van der Waals surface area (Å²) >= 11 is 12.5. The fourth-order valence-electron chi connectivity index (χ4n) is 4.83. The van der Waals surface area contributed by atoms with E-state index in [9.17, 15) is 19.2 Å². The van der Waals surface area contributed by atoms with Crippen molar-refractivity contribution >= 4 is 68.4 Å². The smallest absolute Gasteiger partial charge is 0.261 e. The van der Waals surface area contributed by atoms with Gasteiger partial charge in [0.15, 0.2) is 0 Å². The lowest BCUT2D eigenvalue weighted by Gasteiger charge is -2.31. The maximum Gasteiger partial charge on any atom is 0.261 e. The molecule has 0 saturated heterocycles. The zero-order chi connectivity index (χ0) is 23.7. The van der Waals surface area contributed by atoms with Crippen LogP contribution in [0, 0.1) is 0 Å². The molecule has 6 rings (SSSR count). The van der Waals surface area contributed by atoms with Gasteiger partial charge in [0.25, 0.3) is 23.6 Å². The van der Waals surface area contributed by atoms with Crippen LogP contribution in [0.5, 0.6) is 0 Å². The maximum absolute atomic E-state index is 13.2. The monoisotopic (exact) mass is 488 g/mol. The number of amides is 4. The molecule has 0 aromatic heterocycles. The Morgan fingerprint density at radius 3 is 1.24 bits per heavy atom. The van der Waals surface area contributed by atoms with Gasteiger partial charge in [0.1, 0.15) is 0 Å². The first-order valence-electron chi connectivity index (χ1n) is 10.5. The van der Waals surface area contributed by atoms with E-state index < -0.39 is 23.6 Å². The topological polar surface area (TPSA) is 74.8 Å². The Labute approximate surface area is 203 Å².